The molecule has 1 aliphatic rings. The highest BCUT2D eigenvalue weighted by atomic mass is 16.5. The lowest BCUT2D eigenvalue weighted by Crippen LogP contribution is -2.31. The Labute approximate surface area is 149 Å². The molecule has 1 aliphatic heterocycles. The van der Waals surface area contributed by atoms with Crippen molar-refractivity contribution < 1.29 is 4.74 Å². The van der Waals surface area contributed by atoms with Crippen LogP contribution >= 0.6 is 0 Å². The molecule has 2 heterocycles. The minimum absolute atomic E-state index is 0.241. The largest absolute Gasteiger partial charge is 0.483 e. The number of aryl methyl sites for hydroxylation is 1. The summed E-state index contributed by atoms with van der Waals surface area (Å²) in [5.41, 5.74) is 5.91. The number of hydrogen-bond acceptors (Lipinski definition) is 1. The molecular weight excluding hydrogens is 306 g/mol. The van der Waals surface area contributed by atoms with Gasteiger partial charge in [0.15, 0.2) is 0 Å². The molecule has 128 valence electrons. The van der Waals surface area contributed by atoms with E-state index in [0.29, 0.717) is 0 Å². The van der Waals surface area contributed by atoms with Crippen molar-refractivity contribution in [1.82, 2.24) is 4.98 Å². The van der Waals surface area contributed by atoms with Gasteiger partial charge in [0.1, 0.15) is 11.4 Å². The summed E-state index contributed by atoms with van der Waals surface area (Å²) in [7, 11) is 0. The van der Waals surface area contributed by atoms with Crippen molar-refractivity contribution in [1.29, 1.82) is 0 Å². The highest BCUT2D eigenvalue weighted by Gasteiger charge is 2.28. The summed E-state index contributed by atoms with van der Waals surface area (Å²) in [4.78, 5) is 3.58. The fraction of sp³-hybridized carbons (Fsp3) is 0.304. The third kappa shape index (κ3) is 2.86. The summed E-state index contributed by atoms with van der Waals surface area (Å²) in [6.45, 7) is 8.59. The first-order valence-corrected chi connectivity index (χ1v) is 9.02. The second kappa shape index (κ2) is 5.80. The average Bonchev–Trinajstić information content (AvgIpc) is 2.92. The quantitative estimate of drug-likeness (QED) is 0.541. The van der Waals surface area contributed by atoms with Crippen molar-refractivity contribution in [2.75, 3.05) is 0 Å². The molecule has 0 saturated carbocycles. The number of hydrogen-bond donors (Lipinski definition) is 1. The van der Waals surface area contributed by atoms with Gasteiger partial charge in [0.25, 0.3) is 0 Å². The van der Waals surface area contributed by atoms with Gasteiger partial charge in [0, 0.05) is 21.9 Å². The van der Waals surface area contributed by atoms with Crippen LogP contribution in [0.25, 0.3) is 27.9 Å². The minimum atomic E-state index is -0.241. The van der Waals surface area contributed by atoms with Crippen LogP contribution in [0.5, 0.6) is 5.75 Å². The predicted molar refractivity (Wildman–Crippen MR) is 107 cm³/mol. The number of fused-ring (bicyclic) bond motifs is 5. The number of ether oxygens (including phenoxy) is 1. The van der Waals surface area contributed by atoms with Crippen LogP contribution in [0.3, 0.4) is 0 Å². The minimum Gasteiger partial charge on any atom is -0.483 e. The Morgan fingerprint density at radius 1 is 1.16 bits per heavy atom. The first-order chi connectivity index (χ1) is 12.0. The molecule has 2 aromatic carbocycles. The van der Waals surface area contributed by atoms with Gasteiger partial charge in [0.05, 0.1) is 5.52 Å². The van der Waals surface area contributed by atoms with E-state index in [2.05, 4.69) is 81.2 Å². The van der Waals surface area contributed by atoms with Crippen molar-refractivity contribution in [3.63, 3.8) is 0 Å². The maximum atomic E-state index is 6.39. The number of aromatic amines is 1. The molecule has 0 aliphatic carbocycles. The van der Waals surface area contributed by atoms with Gasteiger partial charge >= 0.3 is 0 Å². The molecule has 1 aromatic heterocycles. The van der Waals surface area contributed by atoms with Gasteiger partial charge in [-0.25, -0.2) is 0 Å². The third-order valence-corrected chi connectivity index (χ3v) is 5.07. The maximum Gasteiger partial charge on any atom is 0.129 e. The smallest absolute Gasteiger partial charge is 0.129 e. The Hall–Kier alpha value is -2.48. The van der Waals surface area contributed by atoms with E-state index in [1.54, 1.807) is 0 Å². The summed E-state index contributed by atoms with van der Waals surface area (Å²) in [5.74, 6) is 0.970. The molecule has 3 aromatic rings. The first-order valence-electron chi connectivity index (χ1n) is 9.02. The number of rotatable bonds is 3. The molecule has 1 atom stereocenters. The maximum absolute atomic E-state index is 6.39. The van der Waals surface area contributed by atoms with E-state index in [9.17, 15) is 0 Å². The SMILES string of the molecule is CC(C)=CCC[C@]1(C)C=Cc2c(ccc3c2[nH]c2ccc(C)cc23)O1. The number of benzene rings is 2. The van der Waals surface area contributed by atoms with Gasteiger partial charge in [-0.15, -0.1) is 0 Å². The van der Waals surface area contributed by atoms with Crippen LogP contribution in [0.2, 0.25) is 0 Å². The fourth-order valence-electron chi connectivity index (χ4n) is 3.67. The topological polar surface area (TPSA) is 25.0 Å². The van der Waals surface area contributed by atoms with E-state index in [-0.39, 0.29) is 5.60 Å². The van der Waals surface area contributed by atoms with Crippen LogP contribution < -0.4 is 4.74 Å². The van der Waals surface area contributed by atoms with Gasteiger partial charge in [-0.3, -0.25) is 0 Å². The summed E-state index contributed by atoms with van der Waals surface area (Å²) >= 11 is 0. The van der Waals surface area contributed by atoms with E-state index >= 15 is 0 Å². The molecule has 0 saturated heterocycles. The number of H-pyrrole nitrogens is 1. The first kappa shape index (κ1) is 16.0. The van der Waals surface area contributed by atoms with Crippen LogP contribution in [0.4, 0.5) is 0 Å². The number of aromatic nitrogens is 1. The molecule has 25 heavy (non-hydrogen) atoms. The van der Waals surface area contributed by atoms with Crippen molar-refractivity contribution in [3.05, 3.63) is 59.2 Å². The predicted octanol–water partition coefficient (Wildman–Crippen LogP) is 6.54. The number of nitrogens with one attached hydrogen (secondary N) is 1. The van der Waals surface area contributed by atoms with Crippen LogP contribution in [0, 0.1) is 6.92 Å². The highest BCUT2D eigenvalue weighted by molar-refractivity contribution is 6.10. The van der Waals surface area contributed by atoms with Crippen LogP contribution in [0.15, 0.2) is 48.1 Å². The fourth-order valence-corrected chi connectivity index (χ4v) is 3.67. The molecule has 2 heteroatoms. The van der Waals surface area contributed by atoms with Gasteiger partial charge in [0.2, 0.25) is 0 Å². The molecule has 1 N–H and O–H groups in total. The lowest BCUT2D eigenvalue weighted by atomic mass is 9.94. The second-order valence-electron chi connectivity index (χ2n) is 7.64. The van der Waals surface area contributed by atoms with Gasteiger partial charge in [-0.1, -0.05) is 23.3 Å². The average molecular weight is 331 g/mol. The Balaban J connectivity index is 1.75. The summed E-state index contributed by atoms with van der Waals surface area (Å²) in [5, 5.41) is 2.54. The Kier molecular flexibility index (Phi) is 3.72. The van der Waals surface area contributed by atoms with Crippen LogP contribution in [-0.4, -0.2) is 10.6 Å². The van der Waals surface area contributed by atoms with E-state index in [4.69, 9.17) is 4.74 Å². The lowest BCUT2D eigenvalue weighted by Gasteiger charge is -2.31. The lowest BCUT2D eigenvalue weighted by molar-refractivity contribution is 0.129. The monoisotopic (exact) mass is 331 g/mol. The third-order valence-electron chi connectivity index (χ3n) is 5.07. The number of allylic oxidation sites excluding steroid dienone is 2. The van der Waals surface area contributed by atoms with Crippen molar-refractivity contribution >= 4 is 27.9 Å². The molecule has 4 rings (SSSR count). The molecule has 0 bridgehead atoms. The van der Waals surface area contributed by atoms with Gasteiger partial charge < -0.3 is 9.72 Å². The van der Waals surface area contributed by atoms with E-state index in [0.717, 1.165) is 24.2 Å². The molecule has 0 unspecified atom stereocenters. The van der Waals surface area contributed by atoms with E-state index < -0.39 is 0 Å². The summed E-state index contributed by atoms with van der Waals surface area (Å²) in [6.07, 6.45) is 8.74. The highest BCUT2D eigenvalue weighted by Crippen LogP contribution is 2.39. The Morgan fingerprint density at radius 3 is 2.80 bits per heavy atom. The molecule has 0 amide bonds. The normalized spacial score (nSPS) is 19.0. The standard InChI is InChI=1S/C23H25NO/c1-15(2)6-5-12-23(4)13-11-18-21(25-23)10-8-17-19-14-16(3)7-9-20(19)24-22(17)18/h6-11,13-14,24H,5,12H2,1-4H3/t23-/m1/s1. The Bertz CT molecular complexity index is 1020. The van der Waals surface area contributed by atoms with Gasteiger partial charge in [-0.2, -0.15) is 0 Å². The second-order valence-corrected chi connectivity index (χ2v) is 7.64. The zero-order chi connectivity index (χ0) is 17.6. The van der Waals surface area contributed by atoms with Crippen molar-refractivity contribution in [2.24, 2.45) is 0 Å². The molecule has 2 nitrogen and oxygen atoms in total. The Morgan fingerprint density at radius 2 is 2.00 bits per heavy atom. The zero-order valence-corrected chi connectivity index (χ0v) is 15.4. The molecule has 0 spiro atoms. The summed E-state index contributed by atoms with van der Waals surface area (Å²) in [6, 6.07) is 10.9. The van der Waals surface area contributed by atoms with Crippen LogP contribution in [0.1, 0.15) is 44.7 Å². The molecule has 0 fully saturated rings. The zero-order valence-electron chi connectivity index (χ0n) is 15.4. The van der Waals surface area contributed by atoms with E-state index in [1.807, 2.05) is 0 Å². The summed E-state index contributed by atoms with van der Waals surface area (Å²) < 4.78 is 6.39. The molecular formula is C23H25NO. The van der Waals surface area contributed by atoms with E-state index in [1.165, 1.54) is 32.9 Å². The van der Waals surface area contributed by atoms with Crippen LogP contribution in [-0.2, 0) is 0 Å². The van der Waals surface area contributed by atoms with Gasteiger partial charge in [-0.05, 0) is 77.0 Å². The molecule has 0 radical (unpaired) electrons. The van der Waals surface area contributed by atoms with Crippen molar-refractivity contribution in [2.45, 2.75) is 46.1 Å². The van der Waals surface area contributed by atoms with Crippen molar-refractivity contribution in [3.8, 4) is 5.75 Å².